The minimum atomic E-state index is 0.0658. The van der Waals surface area contributed by atoms with Crippen molar-refractivity contribution < 1.29 is 9.36 Å². The number of rotatable bonds is 4. The molecule has 3 rings (SSSR count). The lowest BCUT2D eigenvalue weighted by molar-refractivity contribution is -0.686. The van der Waals surface area contributed by atoms with E-state index in [1.165, 1.54) is 0 Å². The van der Waals surface area contributed by atoms with Crippen LogP contribution in [-0.4, -0.2) is 10.8 Å². The maximum atomic E-state index is 12.3. The van der Waals surface area contributed by atoms with E-state index < -0.39 is 0 Å². The monoisotopic (exact) mass is 323 g/mol. The van der Waals surface area contributed by atoms with Crippen molar-refractivity contribution in [3.63, 3.8) is 0 Å². The van der Waals surface area contributed by atoms with Gasteiger partial charge in [-0.2, -0.15) is 0 Å². The number of carbonyl (C=O) groups is 1. The van der Waals surface area contributed by atoms with Gasteiger partial charge in [0.15, 0.2) is 12.2 Å². The maximum Gasteiger partial charge on any atom is 0.287 e. The van der Waals surface area contributed by atoms with Crippen molar-refractivity contribution in [2.45, 2.75) is 13.5 Å². The average Bonchev–Trinajstić information content (AvgIpc) is 2.57. The zero-order valence-corrected chi connectivity index (χ0v) is 13.5. The van der Waals surface area contributed by atoms with Gasteiger partial charge in [-0.1, -0.05) is 41.4 Å². The first-order chi connectivity index (χ1) is 11.1. The summed E-state index contributed by atoms with van der Waals surface area (Å²) in [6.45, 7) is 2.28. The fraction of sp³-hybridized carbons (Fsp3) is 0.105. The van der Waals surface area contributed by atoms with Crippen LogP contribution < -0.4 is 4.57 Å². The molecule has 1 aromatic heterocycles. The summed E-state index contributed by atoms with van der Waals surface area (Å²) in [5.41, 5.74) is 3.69. The lowest BCUT2D eigenvalue weighted by Crippen LogP contribution is -2.37. The molecule has 2 aromatic carbocycles. The quantitative estimate of drug-likeness (QED) is 0.539. The average molecular weight is 324 g/mol. The molecule has 0 atom stereocenters. The number of hydrogen-bond acceptors (Lipinski definition) is 2. The van der Waals surface area contributed by atoms with Gasteiger partial charge in [-0.3, -0.25) is 4.79 Å². The Kier molecular flexibility index (Phi) is 4.49. The molecule has 0 radical (unpaired) electrons. The Labute approximate surface area is 140 Å². The Hall–Kier alpha value is -2.52. The highest BCUT2D eigenvalue weighted by molar-refractivity contribution is 6.30. The number of carbonyl (C=O) groups excluding carboxylic acids is 1. The van der Waals surface area contributed by atoms with Crippen LogP contribution >= 0.6 is 11.6 Å². The topological polar surface area (TPSA) is 33.8 Å². The Morgan fingerprint density at radius 2 is 1.74 bits per heavy atom. The summed E-state index contributed by atoms with van der Waals surface area (Å²) >= 11 is 5.89. The molecule has 0 N–H and O–H groups in total. The first kappa shape index (κ1) is 15.4. The Morgan fingerprint density at radius 1 is 1.04 bits per heavy atom. The van der Waals surface area contributed by atoms with Crippen LogP contribution in [0.25, 0.3) is 11.3 Å². The second kappa shape index (κ2) is 6.71. The molecular formula is C19H16ClN2O+. The number of aromatic nitrogens is 2. The number of hydrogen-bond donors (Lipinski definition) is 0. The third kappa shape index (κ3) is 3.82. The maximum absolute atomic E-state index is 12.3. The van der Waals surface area contributed by atoms with Gasteiger partial charge in [0.05, 0.1) is 6.20 Å². The Morgan fingerprint density at radius 3 is 2.35 bits per heavy atom. The van der Waals surface area contributed by atoms with Gasteiger partial charge >= 0.3 is 0 Å². The van der Waals surface area contributed by atoms with Crippen molar-refractivity contribution in [3.8, 4) is 11.3 Å². The fourth-order valence-electron chi connectivity index (χ4n) is 2.27. The molecule has 0 fully saturated rings. The summed E-state index contributed by atoms with van der Waals surface area (Å²) in [7, 11) is 0. The second-order valence-electron chi connectivity index (χ2n) is 5.41. The third-order valence-electron chi connectivity index (χ3n) is 3.61. The Balaban J connectivity index is 1.73. The summed E-state index contributed by atoms with van der Waals surface area (Å²) in [4.78, 5) is 16.7. The highest BCUT2D eigenvalue weighted by Gasteiger charge is 2.11. The molecule has 0 saturated carbocycles. The molecule has 3 aromatic rings. The van der Waals surface area contributed by atoms with Crippen molar-refractivity contribution in [1.82, 2.24) is 4.98 Å². The van der Waals surface area contributed by atoms with E-state index >= 15 is 0 Å². The summed E-state index contributed by atoms with van der Waals surface area (Å²) in [6, 6.07) is 17.0. The van der Waals surface area contributed by atoms with E-state index in [2.05, 4.69) is 4.98 Å². The third-order valence-corrected chi connectivity index (χ3v) is 3.86. The molecule has 4 heteroatoms. The highest BCUT2D eigenvalue weighted by Crippen LogP contribution is 2.18. The fourth-order valence-corrected chi connectivity index (χ4v) is 2.39. The lowest BCUT2D eigenvalue weighted by Gasteiger charge is -2.01. The number of aryl methyl sites for hydroxylation is 1. The van der Waals surface area contributed by atoms with Gasteiger partial charge in [0.25, 0.3) is 6.33 Å². The zero-order valence-electron chi connectivity index (χ0n) is 12.7. The number of Topliss-reactive ketones (excluding diaryl/α,β-unsaturated/α-hetero) is 1. The summed E-state index contributed by atoms with van der Waals surface area (Å²) in [5, 5.41) is 0.698. The molecule has 114 valence electrons. The van der Waals surface area contributed by atoms with Gasteiger partial charge in [-0.05, 0) is 36.2 Å². The largest absolute Gasteiger partial charge is 0.290 e. The van der Waals surface area contributed by atoms with Gasteiger partial charge in [-0.25, -0.2) is 4.57 Å². The van der Waals surface area contributed by atoms with E-state index in [-0.39, 0.29) is 12.3 Å². The van der Waals surface area contributed by atoms with E-state index in [0.717, 1.165) is 16.8 Å². The minimum absolute atomic E-state index is 0.0658. The second-order valence-corrected chi connectivity index (χ2v) is 5.85. The van der Waals surface area contributed by atoms with Crippen LogP contribution in [0.15, 0.2) is 67.1 Å². The van der Waals surface area contributed by atoms with Gasteiger partial charge < -0.3 is 0 Å². The molecule has 0 saturated heterocycles. The molecule has 0 bridgehead atoms. The van der Waals surface area contributed by atoms with E-state index in [1.807, 2.05) is 67.7 Å². The van der Waals surface area contributed by atoms with E-state index in [0.29, 0.717) is 10.6 Å². The number of halogens is 1. The number of ketones is 1. The van der Waals surface area contributed by atoms with Gasteiger partial charge in [0, 0.05) is 22.2 Å². The molecule has 23 heavy (non-hydrogen) atoms. The minimum Gasteiger partial charge on any atom is -0.290 e. The van der Waals surface area contributed by atoms with Gasteiger partial charge in [-0.15, -0.1) is 0 Å². The standard InChI is InChI=1S/C19H16ClN2O/c1-14-2-4-16(5-3-14)19(23)12-22-11-10-18(21-13-22)15-6-8-17(20)9-7-15/h2-11,13H,12H2,1H3/q+1. The van der Waals surface area contributed by atoms with Crippen molar-refractivity contribution in [2.24, 2.45) is 0 Å². The lowest BCUT2D eigenvalue weighted by atomic mass is 10.1. The number of nitrogens with zero attached hydrogens (tertiary/aromatic N) is 2. The molecule has 0 aliphatic rings. The van der Waals surface area contributed by atoms with Crippen LogP contribution in [0.2, 0.25) is 5.02 Å². The molecule has 1 heterocycles. The van der Waals surface area contributed by atoms with Crippen molar-refractivity contribution in [3.05, 3.63) is 83.3 Å². The van der Waals surface area contributed by atoms with Crippen LogP contribution in [0.3, 0.4) is 0 Å². The molecular weight excluding hydrogens is 308 g/mol. The smallest absolute Gasteiger partial charge is 0.287 e. The first-order valence-electron chi connectivity index (χ1n) is 7.33. The molecule has 0 aliphatic carbocycles. The van der Waals surface area contributed by atoms with Crippen LogP contribution in [0.1, 0.15) is 15.9 Å². The summed E-state index contributed by atoms with van der Waals surface area (Å²) in [6.07, 6.45) is 3.54. The molecule has 0 aliphatic heterocycles. The van der Waals surface area contributed by atoms with E-state index in [1.54, 1.807) is 10.9 Å². The highest BCUT2D eigenvalue weighted by atomic mass is 35.5. The van der Waals surface area contributed by atoms with Crippen molar-refractivity contribution >= 4 is 17.4 Å². The Bertz CT molecular complexity index is 809. The summed E-state index contributed by atoms with van der Waals surface area (Å²) < 4.78 is 1.78. The first-order valence-corrected chi connectivity index (χ1v) is 7.70. The SMILES string of the molecule is Cc1ccc(C(=O)C[n+]2ccc(-c3ccc(Cl)cc3)nc2)cc1. The van der Waals surface area contributed by atoms with E-state index in [4.69, 9.17) is 11.6 Å². The summed E-state index contributed by atoms with van der Waals surface area (Å²) in [5.74, 6) is 0.0658. The molecule has 0 unspecified atom stereocenters. The van der Waals surface area contributed by atoms with Gasteiger partial charge in [0.1, 0.15) is 0 Å². The molecule has 0 amide bonds. The molecule has 0 spiro atoms. The van der Waals surface area contributed by atoms with E-state index in [9.17, 15) is 4.79 Å². The van der Waals surface area contributed by atoms with Crippen LogP contribution in [-0.2, 0) is 6.54 Å². The van der Waals surface area contributed by atoms with Crippen molar-refractivity contribution in [2.75, 3.05) is 0 Å². The normalized spacial score (nSPS) is 10.5. The molecule has 3 nitrogen and oxygen atoms in total. The number of benzene rings is 2. The predicted octanol–water partition coefficient (Wildman–Crippen LogP) is 3.88. The van der Waals surface area contributed by atoms with Crippen LogP contribution in [0.4, 0.5) is 0 Å². The van der Waals surface area contributed by atoms with Crippen LogP contribution in [0, 0.1) is 6.92 Å². The van der Waals surface area contributed by atoms with Crippen molar-refractivity contribution in [1.29, 1.82) is 0 Å². The van der Waals surface area contributed by atoms with Crippen LogP contribution in [0.5, 0.6) is 0 Å². The van der Waals surface area contributed by atoms with Gasteiger partial charge in [0.2, 0.25) is 5.78 Å². The predicted molar refractivity (Wildman–Crippen MR) is 90.4 cm³/mol. The zero-order chi connectivity index (χ0) is 16.2.